The monoisotopic (exact) mass is 398 g/mol. The van der Waals surface area contributed by atoms with Crippen LogP contribution in [0, 0.1) is 29.0 Å². The van der Waals surface area contributed by atoms with Gasteiger partial charge in [0.25, 0.3) is 0 Å². The smallest absolute Gasteiger partial charge is 0.222 e. The van der Waals surface area contributed by atoms with Crippen molar-refractivity contribution in [2.24, 2.45) is 23.2 Å². The van der Waals surface area contributed by atoms with E-state index >= 15 is 0 Å². The predicted molar refractivity (Wildman–Crippen MR) is 113 cm³/mol. The highest BCUT2D eigenvalue weighted by Crippen LogP contribution is 2.60. The fraction of sp³-hybridized carbons (Fsp3) is 0.720. The molecule has 1 aliphatic heterocycles. The van der Waals surface area contributed by atoms with E-state index in [1.165, 1.54) is 57.2 Å². The maximum atomic E-state index is 13.2. The summed E-state index contributed by atoms with van der Waals surface area (Å²) in [5.41, 5.74) is 1.58. The first-order valence-corrected chi connectivity index (χ1v) is 11.7. The average molecular weight is 399 g/mol. The van der Waals surface area contributed by atoms with Crippen molar-refractivity contribution in [2.75, 3.05) is 20.1 Å². The molecule has 1 aromatic carbocycles. The van der Waals surface area contributed by atoms with Gasteiger partial charge in [-0.15, -0.1) is 0 Å². The molecule has 0 radical (unpaired) electrons. The van der Waals surface area contributed by atoms with Gasteiger partial charge in [0, 0.05) is 32.1 Å². The van der Waals surface area contributed by atoms with E-state index in [0.717, 1.165) is 42.7 Å². The molecule has 0 N–H and O–H groups in total. The van der Waals surface area contributed by atoms with Gasteiger partial charge in [0.15, 0.2) is 0 Å². The van der Waals surface area contributed by atoms with Gasteiger partial charge >= 0.3 is 0 Å². The Morgan fingerprint density at radius 1 is 1.03 bits per heavy atom. The van der Waals surface area contributed by atoms with E-state index in [0.29, 0.717) is 24.4 Å². The lowest BCUT2D eigenvalue weighted by molar-refractivity contribution is -0.131. The third-order valence-corrected chi connectivity index (χ3v) is 8.44. The molecule has 5 aliphatic rings. The van der Waals surface area contributed by atoms with Crippen molar-refractivity contribution in [1.29, 1.82) is 0 Å². The van der Waals surface area contributed by atoms with Crippen LogP contribution in [-0.4, -0.2) is 41.9 Å². The standard InChI is InChI=1S/C25H35FN2O/c1-27(17-25-13-19-10-20(14-25)12-21(11-19)15-25)23-6-7-24(29)28(9-8-23)16-18-2-4-22(26)5-3-18/h2-5,19-21,23H,6-17H2,1H3. The first kappa shape index (κ1) is 19.5. The van der Waals surface area contributed by atoms with E-state index in [-0.39, 0.29) is 11.7 Å². The molecule has 1 unspecified atom stereocenters. The summed E-state index contributed by atoms with van der Waals surface area (Å²) in [5.74, 6) is 3.02. The van der Waals surface area contributed by atoms with Gasteiger partial charge in [-0.2, -0.15) is 0 Å². The maximum absolute atomic E-state index is 13.2. The number of carbonyl (C=O) groups is 1. The normalized spacial score (nSPS) is 36.7. The molecule has 1 aromatic rings. The number of hydrogen-bond acceptors (Lipinski definition) is 2. The van der Waals surface area contributed by atoms with Gasteiger partial charge in [0.1, 0.15) is 5.82 Å². The molecule has 4 saturated carbocycles. The number of amides is 1. The molecule has 1 amide bonds. The molecule has 3 nitrogen and oxygen atoms in total. The van der Waals surface area contributed by atoms with Crippen molar-refractivity contribution in [3.8, 4) is 0 Å². The van der Waals surface area contributed by atoms with Gasteiger partial charge in [0.05, 0.1) is 0 Å². The van der Waals surface area contributed by atoms with Crippen LogP contribution in [0.2, 0.25) is 0 Å². The summed E-state index contributed by atoms with van der Waals surface area (Å²) in [6.45, 7) is 2.64. The van der Waals surface area contributed by atoms with Crippen molar-refractivity contribution in [2.45, 2.75) is 70.4 Å². The van der Waals surface area contributed by atoms with E-state index in [1.54, 1.807) is 12.1 Å². The Balaban J connectivity index is 1.20. The molecule has 1 saturated heterocycles. The number of halogens is 1. The Hall–Kier alpha value is -1.42. The van der Waals surface area contributed by atoms with Crippen molar-refractivity contribution in [3.63, 3.8) is 0 Å². The number of likely N-dealkylation sites (tertiary alicyclic amines) is 1. The molecular weight excluding hydrogens is 363 g/mol. The topological polar surface area (TPSA) is 23.6 Å². The van der Waals surface area contributed by atoms with Gasteiger partial charge in [0.2, 0.25) is 5.91 Å². The van der Waals surface area contributed by atoms with Gasteiger partial charge in [-0.05, 0) is 99.3 Å². The summed E-state index contributed by atoms with van der Waals surface area (Å²) >= 11 is 0. The highest BCUT2D eigenvalue weighted by molar-refractivity contribution is 5.76. The van der Waals surface area contributed by atoms with Crippen LogP contribution in [-0.2, 0) is 11.3 Å². The summed E-state index contributed by atoms with van der Waals surface area (Å²) in [6.07, 6.45) is 11.5. The summed E-state index contributed by atoms with van der Waals surface area (Å²) in [7, 11) is 2.31. The Labute approximate surface area is 174 Å². The number of benzene rings is 1. The van der Waals surface area contributed by atoms with E-state index in [2.05, 4.69) is 11.9 Å². The Bertz CT molecular complexity index is 710. The zero-order valence-electron chi connectivity index (χ0n) is 17.8. The minimum absolute atomic E-state index is 0.220. The first-order valence-electron chi connectivity index (χ1n) is 11.7. The van der Waals surface area contributed by atoms with E-state index in [9.17, 15) is 9.18 Å². The average Bonchev–Trinajstić information content (AvgIpc) is 2.84. The Morgan fingerprint density at radius 3 is 2.28 bits per heavy atom. The summed E-state index contributed by atoms with van der Waals surface area (Å²) in [4.78, 5) is 17.3. The molecule has 29 heavy (non-hydrogen) atoms. The first-order chi connectivity index (χ1) is 14.0. The second-order valence-corrected chi connectivity index (χ2v) is 10.8. The molecule has 5 fully saturated rings. The van der Waals surface area contributed by atoms with Crippen LogP contribution in [0.1, 0.15) is 63.4 Å². The lowest BCUT2D eigenvalue weighted by atomic mass is 9.49. The van der Waals surface area contributed by atoms with Gasteiger partial charge in [-0.3, -0.25) is 4.79 Å². The zero-order valence-corrected chi connectivity index (χ0v) is 17.8. The molecule has 4 aliphatic carbocycles. The second kappa shape index (κ2) is 7.68. The predicted octanol–water partition coefficient (Wildman–Crippen LogP) is 4.86. The Morgan fingerprint density at radius 2 is 1.66 bits per heavy atom. The summed E-state index contributed by atoms with van der Waals surface area (Å²) in [5, 5.41) is 0. The number of rotatable bonds is 5. The van der Waals surface area contributed by atoms with E-state index < -0.39 is 0 Å². The summed E-state index contributed by atoms with van der Waals surface area (Å²) < 4.78 is 13.2. The van der Waals surface area contributed by atoms with Crippen molar-refractivity contribution in [3.05, 3.63) is 35.6 Å². The van der Waals surface area contributed by atoms with Crippen LogP contribution in [0.25, 0.3) is 0 Å². The van der Waals surface area contributed by atoms with Crippen LogP contribution in [0.4, 0.5) is 4.39 Å². The van der Waals surface area contributed by atoms with Crippen LogP contribution in [0.5, 0.6) is 0 Å². The highest BCUT2D eigenvalue weighted by Gasteiger charge is 2.51. The number of carbonyl (C=O) groups excluding carboxylic acids is 1. The second-order valence-electron chi connectivity index (χ2n) is 10.8. The number of nitrogens with zero attached hydrogens (tertiary/aromatic N) is 2. The molecule has 4 heteroatoms. The van der Waals surface area contributed by atoms with Crippen LogP contribution in [0.15, 0.2) is 24.3 Å². The molecule has 4 bridgehead atoms. The quantitative estimate of drug-likeness (QED) is 0.707. The lowest BCUT2D eigenvalue weighted by Gasteiger charge is -2.58. The van der Waals surface area contributed by atoms with Crippen LogP contribution < -0.4 is 0 Å². The van der Waals surface area contributed by atoms with Gasteiger partial charge in [-0.25, -0.2) is 4.39 Å². The SMILES string of the molecule is CN(CC12CC3CC(CC(C3)C1)C2)C1CCC(=O)N(Cc2ccc(F)cc2)CC1. The highest BCUT2D eigenvalue weighted by atomic mass is 19.1. The van der Waals surface area contributed by atoms with Gasteiger partial charge in [-0.1, -0.05) is 12.1 Å². The molecular formula is C25H35FN2O. The van der Waals surface area contributed by atoms with Crippen LogP contribution >= 0.6 is 0 Å². The van der Waals surface area contributed by atoms with Gasteiger partial charge < -0.3 is 9.80 Å². The summed E-state index contributed by atoms with van der Waals surface area (Å²) in [6, 6.07) is 7.07. The van der Waals surface area contributed by atoms with Crippen LogP contribution in [0.3, 0.4) is 0 Å². The fourth-order valence-corrected chi connectivity index (χ4v) is 7.58. The molecule has 6 rings (SSSR count). The van der Waals surface area contributed by atoms with E-state index in [1.807, 2.05) is 4.90 Å². The third-order valence-electron chi connectivity index (χ3n) is 8.44. The minimum atomic E-state index is -0.220. The fourth-order valence-electron chi connectivity index (χ4n) is 7.58. The molecule has 1 atom stereocenters. The maximum Gasteiger partial charge on any atom is 0.222 e. The third kappa shape index (κ3) is 4.10. The Kier molecular flexibility index (Phi) is 5.18. The van der Waals surface area contributed by atoms with Crippen molar-refractivity contribution < 1.29 is 9.18 Å². The molecule has 0 aromatic heterocycles. The van der Waals surface area contributed by atoms with Crippen molar-refractivity contribution in [1.82, 2.24) is 9.80 Å². The largest absolute Gasteiger partial charge is 0.338 e. The molecule has 0 spiro atoms. The molecule has 1 heterocycles. The van der Waals surface area contributed by atoms with Crippen molar-refractivity contribution >= 4 is 5.91 Å². The molecule has 158 valence electrons. The van der Waals surface area contributed by atoms with E-state index in [4.69, 9.17) is 0 Å². The zero-order chi connectivity index (χ0) is 20.0. The number of hydrogen-bond donors (Lipinski definition) is 0. The minimum Gasteiger partial charge on any atom is -0.338 e. The lowest BCUT2D eigenvalue weighted by Crippen LogP contribution is -2.52.